The molecule has 2 aromatic carbocycles. The molecule has 9 rings (SSSR count). The summed E-state index contributed by atoms with van der Waals surface area (Å²) in [4.78, 5) is 0. The molecule has 4 atom stereocenters. The second-order valence-electron chi connectivity index (χ2n) is 11.2. The van der Waals surface area contributed by atoms with E-state index in [9.17, 15) is 0 Å². The molecule has 9 nitrogen and oxygen atoms in total. The van der Waals surface area contributed by atoms with Gasteiger partial charge in [0.25, 0.3) is 0 Å². The maximum Gasteiger partial charge on any atom is 0.225 e. The minimum Gasteiger partial charge on any atom is -0.264 e. The summed E-state index contributed by atoms with van der Waals surface area (Å²) in [5.41, 5.74) is 9.34. The van der Waals surface area contributed by atoms with Crippen LogP contribution >= 0.6 is 0 Å². The Morgan fingerprint density at radius 2 is 1.38 bits per heavy atom. The van der Waals surface area contributed by atoms with E-state index >= 15 is 0 Å². The number of hydrogen-bond acceptors (Lipinski definition) is 6. The molecule has 39 heavy (non-hydrogen) atoms. The van der Waals surface area contributed by atoms with Gasteiger partial charge in [-0.2, -0.15) is 20.7 Å². The van der Waals surface area contributed by atoms with E-state index < -0.39 is 0 Å². The van der Waals surface area contributed by atoms with E-state index in [1.807, 2.05) is 24.3 Å². The van der Waals surface area contributed by atoms with Crippen LogP contribution in [0, 0.1) is 23.2 Å². The highest BCUT2D eigenvalue weighted by Gasteiger charge is 2.50. The van der Waals surface area contributed by atoms with Gasteiger partial charge in [0.2, 0.25) is 5.82 Å². The molecule has 3 heterocycles. The van der Waals surface area contributed by atoms with Gasteiger partial charge in [-0.3, -0.25) is 9.36 Å². The van der Waals surface area contributed by atoms with Gasteiger partial charge in [-0.05, 0) is 53.9 Å². The van der Waals surface area contributed by atoms with Gasteiger partial charge in [-0.1, -0.05) is 60.7 Å². The first-order valence-electron chi connectivity index (χ1n) is 13.7. The molecule has 4 aliphatic carbocycles. The summed E-state index contributed by atoms with van der Waals surface area (Å²) in [6.45, 7) is 1.60. The van der Waals surface area contributed by atoms with Crippen LogP contribution in [-0.2, 0) is 25.9 Å². The smallest absolute Gasteiger partial charge is 0.225 e. The predicted molar refractivity (Wildman–Crippen MR) is 143 cm³/mol. The maximum atomic E-state index is 9.16. The first-order chi connectivity index (χ1) is 19.3. The van der Waals surface area contributed by atoms with E-state index in [2.05, 4.69) is 77.6 Å². The van der Waals surface area contributed by atoms with Gasteiger partial charge in [-0.15, -0.1) is 10.2 Å². The van der Waals surface area contributed by atoms with Crippen molar-refractivity contribution in [1.82, 2.24) is 40.2 Å². The summed E-state index contributed by atoms with van der Waals surface area (Å²) in [5, 5.41) is 32.8. The Bertz CT molecular complexity index is 1690. The quantitative estimate of drug-likeness (QED) is 0.376. The minimum atomic E-state index is 0.611. The minimum absolute atomic E-state index is 0.611. The first-order valence-corrected chi connectivity index (χ1v) is 13.7. The van der Waals surface area contributed by atoms with Gasteiger partial charge in [0, 0.05) is 34.4 Å². The fraction of sp³-hybridized carbons (Fsp3) is 0.333. The topological polar surface area (TPSA) is 114 Å². The van der Waals surface area contributed by atoms with Crippen molar-refractivity contribution < 1.29 is 0 Å². The predicted octanol–water partition coefficient (Wildman–Crippen LogP) is 4.23. The van der Waals surface area contributed by atoms with Crippen LogP contribution in [0.4, 0.5) is 0 Å². The lowest BCUT2D eigenvalue weighted by Crippen LogP contribution is -2.05. The number of H-pyrrole nitrogens is 1. The molecule has 2 saturated carbocycles. The first kappa shape index (κ1) is 22.4. The van der Waals surface area contributed by atoms with E-state index in [4.69, 9.17) is 10.4 Å². The molecular weight excluding hydrogens is 486 g/mol. The summed E-state index contributed by atoms with van der Waals surface area (Å²) < 4.78 is 4.20. The zero-order valence-electron chi connectivity index (χ0n) is 21.4. The molecule has 4 aliphatic rings. The Morgan fingerprint density at radius 1 is 0.795 bits per heavy atom. The number of aromatic amines is 1. The molecule has 0 unspecified atom stereocenters. The molecule has 0 radical (unpaired) electrons. The Labute approximate surface area is 225 Å². The molecule has 9 heteroatoms. The fourth-order valence-corrected chi connectivity index (χ4v) is 6.68. The number of tetrazole rings is 1. The van der Waals surface area contributed by atoms with Crippen molar-refractivity contribution in [3.63, 3.8) is 0 Å². The third kappa shape index (κ3) is 3.86. The van der Waals surface area contributed by atoms with Crippen LogP contribution in [0.2, 0.25) is 0 Å². The highest BCUT2D eigenvalue weighted by atomic mass is 15.5. The van der Waals surface area contributed by atoms with Crippen molar-refractivity contribution >= 4 is 0 Å². The van der Waals surface area contributed by atoms with Crippen LogP contribution < -0.4 is 0 Å². The Hall–Kier alpha value is -4.58. The van der Waals surface area contributed by atoms with Crippen LogP contribution in [0.15, 0.2) is 60.7 Å². The molecule has 0 amide bonds. The lowest BCUT2D eigenvalue weighted by Gasteiger charge is -2.06. The van der Waals surface area contributed by atoms with Gasteiger partial charge in [0.15, 0.2) is 5.69 Å². The van der Waals surface area contributed by atoms with Crippen molar-refractivity contribution in [1.29, 1.82) is 5.26 Å². The monoisotopic (exact) mass is 513 g/mol. The normalized spacial score (nSPS) is 22.6. The molecule has 1 N–H and O–H groups in total. The van der Waals surface area contributed by atoms with Gasteiger partial charge in [-0.25, -0.2) is 0 Å². The van der Waals surface area contributed by atoms with E-state index in [1.54, 1.807) is 0 Å². The number of fused-ring (bicyclic) bond motifs is 6. The average molecular weight is 514 g/mol. The lowest BCUT2D eigenvalue weighted by atomic mass is 10.1. The van der Waals surface area contributed by atoms with Crippen LogP contribution in [-0.4, -0.2) is 40.2 Å². The summed E-state index contributed by atoms with van der Waals surface area (Å²) in [5.74, 6) is 3.59. The largest absolute Gasteiger partial charge is 0.264 e. The van der Waals surface area contributed by atoms with Crippen molar-refractivity contribution in [2.75, 3.05) is 0 Å². The van der Waals surface area contributed by atoms with E-state index in [1.165, 1.54) is 46.5 Å². The molecule has 3 aromatic heterocycles. The van der Waals surface area contributed by atoms with Gasteiger partial charge in [0.1, 0.15) is 11.8 Å². The fourth-order valence-electron chi connectivity index (χ4n) is 6.68. The van der Waals surface area contributed by atoms with E-state index in [-0.39, 0.29) is 0 Å². The highest BCUT2D eigenvalue weighted by Crippen LogP contribution is 2.58. The summed E-state index contributed by atoms with van der Waals surface area (Å²) >= 11 is 0. The standard InChI is InChI=1S/C15H14N6.C15H13N3/c1-2-4-9(5-3-1)8-21-14-11-6-10(11)7-12(14)13(18-21)15-16-19-20-17-15;16-8-14-13-7-11-6-12(11)15(13)18(17-14)9-10-4-2-1-3-5-10/h1-5,10-11H,6-8H2,(H,16,17,19,20);1-5,11-12H,6-7,9H2/t10-,11-;11-,12-/m11/s1. The Balaban J connectivity index is 0.000000122. The van der Waals surface area contributed by atoms with Crippen molar-refractivity contribution in [2.45, 2.75) is 50.6 Å². The number of rotatable bonds is 5. The molecular formula is C30H27N9. The zero-order valence-corrected chi connectivity index (χ0v) is 21.4. The molecule has 0 saturated heterocycles. The van der Waals surface area contributed by atoms with E-state index in [0.29, 0.717) is 23.4 Å². The van der Waals surface area contributed by atoms with Crippen molar-refractivity contribution in [2.24, 2.45) is 11.8 Å². The second-order valence-corrected chi connectivity index (χ2v) is 11.2. The molecule has 192 valence electrons. The molecule has 0 bridgehead atoms. The molecule has 0 aliphatic heterocycles. The van der Waals surface area contributed by atoms with Crippen LogP contribution in [0.25, 0.3) is 11.5 Å². The van der Waals surface area contributed by atoms with Crippen LogP contribution in [0.1, 0.15) is 64.0 Å². The summed E-state index contributed by atoms with van der Waals surface area (Å²) in [6, 6.07) is 23.0. The number of nitriles is 1. The van der Waals surface area contributed by atoms with E-state index in [0.717, 1.165) is 43.5 Å². The molecule has 2 fully saturated rings. The Morgan fingerprint density at radius 3 is 1.97 bits per heavy atom. The maximum absolute atomic E-state index is 9.16. The number of aromatic nitrogens is 8. The van der Waals surface area contributed by atoms with Crippen LogP contribution in [0.3, 0.4) is 0 Å². The van der Waals surface area contributed by atoms with Gasteiger partial charge in [0.05, 0.1) is 13.1 Å². The third-order valence-corrected chi connectivity index (χ3v) is 8.68. The summed E-state index contributed by atoms with van der Waals surface area (Å²) in [6.07, 6.45) is 4.77. The van der Waals surface area contributed by atoms with Gasteiger partial charge < -0.3 is 0 Å². The number of nitrogens with zero attached hydrogens (tertiary/aromatic N) is 8. The highest BCUT2D eigenvalue weighted by molar-refractivity contribution is 5.59. The summed E-state index contributed by atoms with van der Waals surface area (Å²) in [7, 11) is 0. The number of nitrogens with one attached hydrogen (secondary N) is 1. The number of benzene rings is 2. The SMILES string of the molecule is N#Cc1nn(Cc2ccccc2)c2c1C[C@H]1C[C@@H]21.c1ccc(Cn2nc(-c3nn[nH]n3)c3c2[C@@H]2C[C@@H]2C3)cc1. The Kier molecular flexibility index (Phi) is 5.02. The molecule has 5 aromatic rings. The van der Waals surface area contributed by atoms with Crippen LogP contribution in [0.5, 0.6) is 0 Å². The molecule has 0 spiro atoms. The third-order valence-electron chi connectivity index (χ3n) is 8.68. The number of hydrogen-bond donors (Lipinski definition) is 1. The second kappa shape index (κ2) is 8.73. The van der Waals surface area contributed by atoms with Crippen molar-refractivity contribution in [3.05, 3.63) is 100.0 Å². The average Bonchev–Trinajstić information content (AvgIpc) is 3.51. The van der Waals surface area contributed by atoms with Crippen molar-refractivity contribution in [3.8, 4) is 17.6 Å². The van der Waals surface area contributed by atoms with Gasteiger partial charge >= 0.3 is 0 Å². The zero-order chi connectivity index (χ0) is 25.9. The lowest BCUT2D eigenvalue weighted by molar-refractivity contribution is 0.642.